The van der Waals surface area contributed by atoms with Crippen molar-refractivity contribution in [1.82, 2.24) is 25.1 Å². The van der Waals surface area contributed by atoms with Gasteiger partial charge in [-0.15, -0.1) is 0 Å². The van der Waals surface area contributed by atoms with Crippen molar-refractivity contribution in [3.8, 4) is 11.4 Å². The summed E-state index contributed by atoms with van der Waals surface area (Å²) in [6.45, 7) is 2.98. The van der Waals surface area contributed by atoms with Crippen LogP contribution in [0.3, 0.4) is 0 Å². The number of hydrogen-bond acceptors (Lipinski definition) is 7. The number of aliphatic carboxylic acids is 1. The molecular formula is C31H33N5O6. The van der Waals surface area contributed by atoms with Crippen LogP contribution in [0.15, 0.2) is 66.7 Å². The minimum absolute atomic E-state index is 0.0387. The second kappa shape index (κ2) is 14.5. The second-order valence-corrected chi connectivity index (χ2v) is 9.58. The zero-order valence-electron chi connectivity index (χ0n) is 23.3. The minimum atomic E-state index is -1.10. The molecule has 11 heteroatoms. The lowest BCUT2D eigenvalue weighted by molar-refractivity contribution is -0.138. The Hall–Kier alpha value is -5.06. The number of ether oxygens (including phenoxy) is 1. The van der Waals surface area contributed by atoms with E-state index in [2.05, 4.69) is 15.3 Å². The summed E-state index contributed by atoms with van der Waals surface area (Å²) in [6, 6.07) is 19.3. The van der Waals surface area contributed by atoms with Crippen molar-refractivity contribution < 1.29 is 29.0 Å². The standard InChI is InChI=1S/C31H33N5O6/c1-2-42-31(41)36-19-17-35(18-20-36)30(40)25(15-16-27(37)38)34-29(39)26-21-24(14-13-22-9-5-3-6-10-22)32-28(33-26)23-11-7-4-8-12-23/h3-14,21,25H,2,15-20H2,1H3,(H,34,39)(H,37,38). The molecule has 1 aliphatic heterocycles. The lowest BCUT2D eigenvalue weighted by atomic mass is 10.1. The van der Waals surface area contributed by atoms with Crippen molar-refractivity contribution in [3.05, 3.63) is 83.7 Å². The van der Waals surface area contributed by atoms with Crippen LogP contribution in [-0.2, 0) is 14.3 Å². The quantitative estimate of drug-likeness (QED) is 0.376. The van der Waals surface area contributed by atoms with E-state index in [9.17, 15) is 24.3 Å². The molecule has 11 nitrogen and oxygen atoms in total. The summed E-state index contributed by atoms with van der Waals surface area (Å²) in [5.41, 5.74) is 2.18. The third kappa shape index (κ3) is 8.23. The Bertz CT molecular complexity index is 1420. The van der Waals surface area contributed by atoms with Gasteiger partial charge in [0.15, 0.2) is 5.82 Å². The van der Waals surface area contributed by atoms with E-state index < -0.39 is 29.9 Å². The smallest absolute Gasteiger partial charge is 0.409 e. The topological polar surface area (TPSA) is 142 Å². The molecule has 218 valence electrons. The van der Waals surface area contributed by atoms with Gasteiger partial charge in [-0.05, 0) is 31.1 Å². The molecule has 42 heavy (non-hydrogen) atoms. The van der Waals surface area contributed by atoms with Crippen molar-refractivity contribution in [2.24, 2.45) is 0 Å². The number of hydrogen-bond donors (Lipinski definition) is 2. The predicted octanol–water partition coefficient (Wildman–Crippen LogP) is 3.58. The van der Waals surface area contributed by atoms with Gasteiger partial charge in [0.05, 0.1) is 12.3 Å². The highest BCUT2D eigenvalue weighted by molar-refractivity contribution is 5.97. The normalized spacial score (nSPS) is 13.9. The molecule has 1 atom stereocenters. The number of nitrogens with zero attached hydrogens (tertiary/aromatic N) is 4. The minimum Gasteiger partial charge on any atom is -0.481 e. The first-order valence-electron chi connectivity index (χ1n) is 13.7. The van der Waals surface area contributed by atoms with E-state index >= 15 is 0 Å². The van der Waals surface area contributed by atoms with Gasteiger partial charge >= 0.3 is 12.1 Å². The molecule has 1 aromatic heterocycles. The number of benzene rings is 2. The maximum atomic E-state index is 13.5. The molecule has 3 aromatic rings. The second-order valence-electron chi connectivity index (χ2n) is 9.58. The first-order valence-corrected chi connectivity index (χ1v) is 13.7. The summed E-state index contributed by atoms with van der Waals surface area (Å²) in [5, 5.41) is 12.0. The molecule has 0 saturated carbocycles. The fraction of sp³-hybridized carbons (Fsp3) is 0.290. The molecule has 0 aliphatic carbocycles. The number of amides is 3. The van der Waals surface area contributed by atoms with Gasteiger partial charge in [0.1, 0.15) is 11.7 Å². The van der Waals surface area contributed by atoms with E-state index in [1.165, 1.54) is 15.9 Å². The van der Waals surface area contributed by atoms with Crippen LogP contribution in [0.2, 0.25) is 0 Å². The Labute approximate surface area is 243 Å². The van der Waals surface area contributed by atoms with E-state index in [4.69, 9.17) is 4.74 Å². The van der Waals surface area contributed by atoms with Gasteiger partial charge in [-0.1, -0.05) is 66.7 Å². The Morgan fingerprint density at radius 3 is 2.21 bits per heavy atom. The average Bonchev–Trinajstić information content (AvgIpc) is 3.02. The zero-order chi connectivity index (χ0) is 29.9. The molecule has 1 aliphatic rings. The van der Waals surface area contributed by atoms with Crippen LogP contribution < -0.4 is 5.32 Å². The van der Waals surface area contributed by atoms with Gasteiger partial charge in [0, 0.05) is 38.2 Å². The zero-order valence-corrected chi connectivity index (χ0v) is 23.3. The van der Waals surface area contributed by atoms with Gasteiger partial charge in [-0.2, -0.15) is 0 Å². The Balaban J connectivity index is 1.56. The molecule has 0 bridgehead atoms. The van der Waals surface area contributed by atoms with Crippen LogP contribution in [0.4, 0.5) is 4.79 Å². The maximum Gasteiger partial charge on any atom is 0.409 e. The van der Waals surface area contributed by atoms with Crippen LogP contribution in [-0.4, -0.2) is 87.6 Å². The fourth-order valence-corrected chi connectivity index (χ4v) is 4.43. The van der Waals surface area contributed by atoms with Gasteiger partial charge < -0.3 is 25.0 Å². The Morgan fingerprint density at radius 1 is 0.929 bits per heavy atom. The Morgan fingerprint density at radius 2 is 1.57 bits per heavy atom. The monoisotopic (exact) mass is 571 g/mol. The molecule has 1 unspecified atom stereocenters. The molecule has 1 saturated heterocycles. The third-order valence-electron chi connectivity index (χ3n) is 6.62. The van der Waals surface area contributed by atoms with Crippen LogP contribution in [0.1, 0.15) is 41.5 Å². The predicted molar refractivity (Wildman–Crippen MR) is 156 cm³/mol. The number of carboxylic acids is 1. The van der Waals surface area contributed by atoms with E-state index in [-0.39, 0.29) is 51.3 Å². The van der Waals surface area contributed by atoms with Crippen molar-refractivity contribution in [2.75, 3.05) is 32.8 Å². The largest absolute Gasteiger partial charge is 0.481 e. The third-order valence-corrected chi connectivity index (χ3v) is 6.62. The summed E-state index contributed by atoms with van der Waals surface area (Å²) < 4.78 is 5.03. The number of aromatic nitrogens is 2. The number of carboxylic acid groups (broad SMARTS) is 1. The molecule has 3 amide bonds. The lowest BCUT2D eigenvalue weighted by Gasteiger charge is -2.35. The van der Waals surface area contributed by atoms with Gasteiger partial charge in [0.25, 0.3) is 5.91 Å². The summed E-state index contributed by atoms with van der Waals surface area (Å²) in [7, 11) is 0. The molecule has 0 radical (unpaired) electrons. The van der Waals surface area contributed by atoms with Gasteiger partial charge in [-0.25, -0.2) is 14.8 Å². The van der Waals surface area contributed by atoms with E-state index in [0.717, 1.165) is 5.56 Å². The van der Waals surface area contributed by atoms with Crippen LogP contribution >= 0.6 is 0 Å². The average molecular weight is 572 g/mol. The number of carbonyl (C=O) groups excluding carboxylic acids is 3. The van der Waals surface area contributed by atoms with Gasteiger partial charge in [0.2, 0.25) is 5.91 Å². The first kappa shape index (κ1) is 29.9. The van der Waals surface area contributed by atoms with Crippen molar-refractivity contribution in [2.45, 2.75) is 25.8 Å². The van der Waals surface area contributed by atoms with Crippen molar-refractivity contribution in [1.29, 1.82) is 0 Å². The molecular weight excluding hydrogens is 538 g/mol. The van der Waals surface area contributed by atoms with Crippen LogP contribution in [0, 0.1) is 0 Å². The number of piperazine rings is 1. The summed E-state index contributed by atoms with van der Waals surface area (Å²) in [5.74, 6) is -1.80. The highest BCUT2D eigenvalue weighted by atomic mass is 16.6. The van der Waals surface area contributed by atoms with Gasteiger partial charge in [-0.3, -0.25) is 14.4 Å². The van der Waals surface area contributed by atoms with Crippen molar-refractivity contribution >= 4 is 36.0 Å². The lowest BCUT2D eigenvalue weighted by Crippen LogP contribution is -2.56. The highest BCUT2D eigenvalue weighted by Gasteiger charge is 2.31. The molecule has 1 fully saturated rings. The van der Waals surface area contributed by atoms with E-state index in [1.807, 2.05) is 66.7 Å². The van der Waals surface area contributed by atoms with Crippen LogP contribution in [0.25, 0.3) is 23.5 Å². The molecule has 2 aromatic carbocycles. The fourth-order valence-electron chi connectivity index (χ4n) is 4.43. The van der Waals surface area contributed by atoms with Crippen molar-refractivity contribution in [3.63, 3.8) is 0 Å². The summed E-state index contributed by atoms with van der Waals surface area (Å²) >= 11 is 0. The summed E-state index contributed by atoms with van der Waals surface area (Å²) in [6.07, 6.45) is 2.78. The number of nitrogens with one attached hydrogen (secondary N) is 1. The number of carbonyl (C=O) groups is 4. The molecule has 4 rings (SSSR count). The number of rotatable bonds is 10. The highest BCUT2D eigenvalue weighted by Crippen LogP contribution is 2.18. The Kier molecular flexibility index (Phi) is 10.4. The SMILES string of the molecule is CCOC(=O)N1CCN(C(=O)C(CCC(=O)O)NC(=O)c2cc(C=Cc3ccccc3)nc(-c3ccccc3)n2)CC1. The maximum absolute atomic E-state index is 13.5. The van der Waals surface area contributed by atoms with E-state index in [1.54, 1.807) is 13.0 Å². The molecule has 2 heterocycles. The van der Waals surface area contributed by atoms with Crippen LogP contribution in [0.5, 0.6) is 0 Å². The first-order chi connectivity index (χ1) is 20.3. The summed E-state index contributed by atoms with van der Waals surface area (Å²) in [4.78, 5) is 62.4. The molecule has 2 N–H and O–H groups in total. The van der Waals surface area contributed by atoms with E-state index in [0.29, 0.717) is 17.1 Å². The molecule has 0 spiro atoms.